The molecule has 0 fully saturated rings. The fraction of sp³-hybridized carbons (Fsp3) is 0.667. The van der Waals surface area contributed by atoms with Crippen LogP contribution in [0.4, 0.5) is 0 Å². The van der Waals surface area contributed by atoms with Crippen LogP contribution >= 0.6 is 0 Å². The first kappa shape index (κ1) is 16.6. The molecule has 7 nitrogen and oxygen atoms in total. The molecular formula is C12H21N3O4S. The van der Waals surface area contributed by atoms with Crippen molar-refractivity contribution in [1.29, 1.82) is 0 Å². The monoisotopic (exact) mass is 303 g/mol. The van der Waals surface area contributed by atoms with E-state index in [2.05, 4.69) is 14.9 Å². The molecule has 20 heavy (non-hydrogen) atoms. The van der Waals surface area contributed by atoms with Gasteiger partial charge in [0.1, 0.15) is 4.90 Å². The lowest BCUT2D eigenvalue weighted by Gasteiger charge is -2.27. The van der Waals surface area contributed by atoms with Gasteiger partial charge in [-0.3, -0.25) is 5.10 Å². The minimum atomic E-state index is -3.90. The third-order valence-electron chi connectivity index (χ3n) is 3.42. The van der Waals surface area contributed by atoms with E-state index in [1.807, 2.05) is 27.7 Å². The minimum Gasteiger partial charge on any atom is -0.476 e. The highest BCUT2D eigenvalue weighted by atomic mass is 32.2. The summed E-state index contributed by atoms with van der Waals surface area (Å²) in [6.07, 6.45) is 0. The summed E-state index contributed by atoms with van der Waals surface area (Å²) in [5.74, 6) is -1.28. The Kier molecular flexibility index (Phi) is 4.60. The van der Waals surface area contributed by atoms with Crippen LogP contribution in [0, 0.1) is 18.3 Å². The van der Waals surface area contributed by atoms with Gasteiger partial charge in [-0.1, -0.05) is 27.7 Å². The van der Waals surface area contributed by atoms with E-state index in [0.717, 1.165) is 0 Å². The van der Waals surface area contributed by atoms with E-state index >= 15 is 0 Å². The summed E-state index contributed by atoms with van der Waals surface area (Å²) in [6.45, 7) is 9.67. The van der Waals surface area contributed by atoms with Gasteiger partial charge in [-0.05, 0) is 18.3 Å². The molecular weight excluding hydrogens is 282 g/mol. The number of rotatable bonds is 5. The van der Waals surface area contributed by atoms with Gasteiger partial charge in [-0.2, -0.15) is 5.10 Å². The van der Waals surface area contributed by atoms with Gasteiger partial charge in [0.2, 0.25) is 10.0 Å². The van der Waals surface area contributed by atoms with E-state index in [1.165, 1.54) is 6.92 Å². The van der Waals surface area contributed by atoms with Gasteiger partial charge in [0.25, 0.3) is 0 Å². The number of nitrogens with one attached hydrogen (secondary N) is 2. The largest absolute Gasteiger partial charge is 0.476 e. The van der Waals surface area contributed by atoms with E-state index in [-0.39, 0.29) is 28.5 Å². The Morgan fingerprint density at radius 1 is 1.45 bits per heavy atom. The molecule has 0 saturated carbocycles. The summed E-state index contributed by atoms with van der Waals surface area (Å²) in [7, 11) is -3.90. The normalized spacial score (nSPS) is 14.2. The molecule has 0 saturated heterocycles. The molecule has 0 radical (unpaired) electrons. The van der Waals surface area contributed by atoms with Crippen LogP contribution in [-0.2, 0) is 10.0 Å². The number of aromatic carboxylic acids is 1. The van der Waals surface area contributed by atoms with Crippen molar-refractivity contribution >= 4 is 16.0 Å². The maximum absolute atomic E-state index is 12.2. The lowest BCUT2D eigenvalue weighted by atomic mass is 9.82. The summed E-state index contributed by atoms with van der Waals surface area (Å²) in [6, 6.07) is 0. The van der Waals surface area contributed by atoms with E-state index in [1.54, 1.807) is 0 Å². The summed E-state index contributed by atoms with van der Waals surface area (Å²) in [5, 5.41) is 14.9. The number of hydrogen-bond acceptors (Lipinski definition) is 4. The topological polar surface area (TPSA) is 112 Å². The first-order chi connectivity index (χ1) is 8.97. The molecule has 0 spiro atoms. The van der Waals surface area contributed by atoms with Crippen LogP contribution in [0.25, 0.3) is 0 Å². The summed E-state index contributed by atoms with van der Waals surface area (Å²) in [5.41, 5.74) is -0.333. The zero-order valence-corrected chi connectivity index (χ0v) is 13.1. The SMILES string of the molecule is Cc1[nH]nc(C(=O)O)c1S(=O)(=O)NCC(C)C(C)(C)C. The highest BCUT2D eigenvalue weighted by Crippen LogP contribution is 2.25. The van der Waals surface area contributed by atoms with Crippen molar-refractivity contribution in [2.75, 3.05) is 6.54 Å². The van der Waals surface area contributed by atoms with E-state index in [9.17, 15) is 13.2 Å². The second-order valence-corrected chi connectivity index (χ2v) is 7.65. The quantitative estimate of drug-likeness (QED) is 0.760. The van der Waals surface area contributed by atoms with Crippen molar-refractivity contribution in [3.05, 3.63) is 11.4 Å². The third kappa shape index (κ3) is 3.57. The number of aromatic nitrogens is 2. The Bertz CT molecular complexity index is 599. The highest BCUT2D eigenvalue weighted by molar-refractivity contribution is 7.89. The number of aromatic amines is 1. The zero-order chi connectivity index (χ0) is 15.7. The minimum absolute atomic E-state index is 0.0520. The number of carboxylic acid groups (broad SMARTS) is 1. The number of aryl methyl sites for hydroxylation is 1. The first-order valence-electron chi connectivity index (χ1n) is 6.24. The van der Waals surface area contributed by atoms with Crippen LogP contribution in [0.2, 0.25) is 0 Å². The van der Waals surface area contributed by atoms with Crippen LogP contribution in [0.1, 0.15) is 43.9 Å². The second-order valence-electron chi connectivity index (χ2n) is 5.95. The smallest absolute Gasteiger partial charge is 0.357 e. The standard InChI is InChI=1S/C12H21N3O4S/c1-7(12(3,4)5)6-13-20(18,19)10-8(2)14-15-9(10)11(16)17/h7,13H,6H2,1-5H3,(H,14,15)(H,16,17). The third-order valence-corrected chi connectivity index (χ3v) is 5.00. The molecule has 1 unspecified atom stereocenters. The Hall–Kier alpha value is -1.41. The molecule has 1 atom stereocenters. The van der Waals surface area contributed by atoms with Crippen LogP contribution in [0.3, 0.4) is 0 Å². The fourth-order valence-corrected chi connectivity index (χ4v) is 2.96. The first-order valence-corrected chi connectivity index (χ1v) is 7.73. The van der Waals surface area contributed by atoms with Crippen molar-refractivity contribution in [3.63, 3.8) is 0 Å². The molecule has 0 aliphatic carbocycles. The molecule has 0 amide bonds. The Morgan fingerprint density at radius 3 is 2.45 bits per heavy atom. The summed E-state index contributed by atoms with van der Waals surface area (Å²) < 4.78 is 26.9. The molecule has 1 aromatic rings. The Morgan fingerprint density at radius 2 is 2.00 bits per heavy atom. The van der Waals surface area contributed by atoms with Crippen molar-refractivity contribution in [3.8, 4) is 0 Å². The summed E-state index contributed by atoms with van der Waals surface area (Å²) >= 11 is 0. The van der Waals surface area contributed by atoms with Crippen LogP contribution in [0.5, 0.6) is 0 Å². The molecule has 0 aliphatic rings. The predicted octanol–water partition coefficient (Wildman–Crippen LogP) is 1.38. The molecule has 8 heteroatoms. The van der Waals surface area contributed by atoms with Gasteiger partial charge in [-0.25, -0.2) is 17.9 Å². The van der Waals surface area contributed by atoms with Crippen LogP contribution in [-0.4, -0.2) is 36.2 Å². The molecule has 1 aromatic heterocycles. The van der Waals surface area contributed by atoms with Crippen LogP contribution in [0.15, 0.2) is 4.90 Å². The summed E-state index contributed by atoms with van der Waals surface area (Å²) in [4.78, 5) is 10.7. The van der Waals surface area contributed by atoms with Crippen molar-refractivity contribution in [2.24, 2.45) is 11.3 Å². The van der Waals surface area contributed by atoms with Crippen LogP contribution < -0.4 is 4.72 Å². The second kappa shape index (κ2) is 5.53. The van der Waals surface area contributed by atoms with Crippen molar-refractivity contribution in [1.82, 2.24) is 14.9 Å². The number of sulfonamides is 1. The van der Waals surface area contributed by atoms with Gasteiger partial charge in [0.15, 0.2) is 5.69 Å². The number of carboxylic acids is 1. The molecule has 0 bridgehead atoms. The number of H-pyrrole nitrogens is 1. The molecule has 1 heterocycles. The Balaban J connectivity index is 3.02. The maximum Gasteiger partial charge on any atom is 0.357 e. The van der Waals surface area contributed by atoms with E-state index in [0.29, 0.717) is 0 Å². The van der Waals surface area contributed by atoms with Crippen molar-refractivity contribution in [2.45, 2.75) is 39.5 Å². The fourth-order valence-electron chi connectivity index (χ4n) is 1.51. The average molecular weight is 303 g/mol. The highest BCUT2D eigenvalue weighted by Gasteiger charge is 2.29. The zero-order valence-electron chi connectivity index (χ0n) is 12.3. The van der Waals surface area contributed by atoms with E-state index in [4.69, 9.17) is 5.11 Å². The molecule has 3 N–H and O–H groups in total. The molecule has 114 valence electrons. The lowest BCUT2D eigenvalue weighted by Crippen LogP contribution is -2.34. The van der Waals surface area contributed by atoms with E-state index < -0.39 is 21.7 Å². The van der Waals surface area contributed by atoms with Gasteiger partial charge in [0.05, 0.1) is 5.69 Å². The average Bonchev–Trinajstić information content (AvgIpc) is 2.67. The Labute approximate surface area is 118 Å². The van der Waals surface area contributed by atoms with Gasteiger partial charge in [0, 0.05) is 6.54 Å². The number of hydrogen-bond donors (Lipinski definition) is 3. The number of carbonyl (C=O) groups is 1. The molecule has 0 aromatic carbocycles. The van der Waals surface area contributed by atoms with Gasteiger partial charge < -0.3 is 5.11 Å². The van der Waals surface area contributed by atoms with Crippen molar-refractivity contribution < 1.29 is 18.3 Å². The lowest BCUT2D eigenvalue weighted by molar-refractivity contribution is 0.0686. The molecule has 0 aliphatic heterocycles. The number of nitrogens with zero attached hydrogens (tertiary/aromatic N) is 1. The van der Waals surface area contributed by atoms with Gasteiger partial charge >= 0.3 is 5.97 Å². The molecule has 1 rings (SSSR count). The predicted molar refractivity (Wildman–Crippen MR) is 74.1 cm³/mol. The van der Waals surface area contributed by atoms with Gasteiger partial charge in [-0.15, -0.1) is 0 Å². The maximum atomic E-state index is 12.2.